The fourth-order valence-corrected chi connectivity index (χ4v) is 6.51. The first-order chi connectivity index (χ1) is 18.7. The van der Waals surface area contributed by atoms with Crippen LogP contribution in [0.3, 0.4) is 0 Å². The van der Waals surface area contributed by atoms with E-state index in [0.717, 1.165) is 28.7 Å². The Hall–Kier alpha value is -3.17. The second-order valence-electron chi connectivity index (χ2n) is 10.8. The van der Waals surface area contributed by atoms with Gasteiger partial charge >= 0.3 is 14.2 Å². The van der Waals surface area contributed by atoms with Gasteiger partial charge in [-0.2, -0.15) is 0 Å². The Labute approximate surface area is 228 Å². The van der Waals surface area contributed by atoms with E-state index in [1.807, 2.05) is 26.0 Å². The summed E-state index contributed by atoms with van der Waals surface area (Å²) in [4.78, 5) is 28.6. The van der Waals surface area contributed by atoms with E-state index in [1.165, 1.54) is 17.0 Å². The third-order valence-electron chi connectivity index (χ3n) is 8.25. The summed E-state index contributed by atoms with van der Waals surface area (Å²) < 4.78 is 6.04. The smallest absolute Gasteiger partial charge is 0.488 e. The number of amides is 2. The van der Waals surface area contributed by atoms with Gasteiger partial charge < -0.3 is 24.8 Å². The van der Waals surface area contributed by atoms with Crippen LogP contribution in [0.5, 0.6) is 5.75 Å². The normalized spacial score (nSPS) is 25.2. The minimum absolute atomic E-state index is 0.201. The predicted octanol–water partition coefficient (Wildman–Crippen LogP) is 2.67. The molecule has 3 aliphatic rings. The third kappa shape index (κ3) is 5.34. The topological polar surface area (TPSA) is 128 Å². The van der Waals surface area contributed by atoms with Crippen LogP contribution in [0, 0.1) is 17.8 Å². The highest BCUT2D eigenvalue weighted by atomic mass is 16.5. The monoisotopic (exact) mass is 529 g/mol. The van der Waals surface area contributed by atoms with Crippen LogP contribution in [0.15, 0.2) is 65.3 Å². The first-order valence-electron chi connectivity index (χ1n) is 13.5. The van der Waals surface area contributed by atoms with Gasteiger partial charge in [-0.05, 0) is 85.7 Å². The quantitative estimate of drug-likeness (QED) is 0.247. The molecule has 0 bridgehead atoms. The number of hydrogen-bond acceptors (Lipinski definition) is 7. The second-order valence-corrected chi connectivity index (χ2v) is 10.8. The molecule has 5 rings (SSSR count). The van der Waals surface area contributed by atoms with E-state index in [-0.39, 0.29) is 41.4 Å². The van der Waals surface area contributed by atoms with Crippen molar-refractivity contribution in [1.29, 1.82) is 0 Å². The third-order valence-corrected chi connectivity index (χ3v) is 8.25. The highest BCUT2D eigenvalue weighted by Crippen LogP contribution is 2.51. The van der Waals surface area contributed by atoms with Crippen molar-refractivity contribution in [2.24, 2.45) is 17.8 Å². The molecule has 2 heterocycles. The van der Waals surface area contributed by atoms with Crippen LogP contribution in [-0.2, 0) is 14.2 Å². The van der Waals surface area contributed by atoms with Crippen LogP contribution >= 0.6 is 0 Å². The predicted molar refractivity (Wildman–Crippen MR) is 150 cm³/mol. The summed E-state index contributed by atoms with van der Waals surface area (Å²) in [6.07, 6.45) is 4.39. The van der Waals surface area contributed by atoms with E-state index in [9.17, 15) is 29.8 Å². The molecule has 0 radical (unpaired) electrons. The Morgan fingerprint density at radius 3 is 2.62 bits per heavy atom. The number of allylic oxidation sites excluding steroid dienone is 2. The van der Waals surface area contributed by atoms with Crippen LogP contribution in [0.4, 0.5) is 5.69 Å². The molecule has 8 nitrogen and oxygen atoms in total. The number of imide groups is 1. The Balaban J connectivity index is 1.41. The van der Waals surface area contributed by atoms with Crippen molar-refractivity contribution in [3.05, 3.63) is 70.8 Å². The molecule has 39 heavy (non-hydrogen) atoms. The lowest BCUT2D eigenvalue weighted by Crippen LogP contribution is -2.46. The van der Waals surface area contributed by atoms with Gasteiger partial charge in [0, 0.05) is 0 Å². The maximum Gasteiger partial charge on any atom is 0.488 e. The van der Waals surface area contributed by atoms with Gasteiger partial charge in [0.05, 0.1) is 23.6 Å². The maximum atomic E-state index is 13.8. The lowest BCUT2D eigenvalue weighted by molar-refractivity contribution is -0.122. The van der Waals surface area contributed by atoms with E-state index in [4.69, 9.17) is 4.65 Å². The number of nitrogens with zero attached hydrogens (tertiary/aromatic N) is 1. The molecule has 2 saturated heterocycles. The van der Waals surface area contributed by atoms with Gasteiger partial charge in [0.25, 0.3) is 0 Å². The number of benzene rings is 2. The molecule has 2 aromatic carbocycles. The molecule has 4 N–H and O–H groups in total. The summed E-state index contributed by atoms with van der Waals surface area (Å²) in [5.41, 5.74) is 4.66. The van der Waals surface area contributed by atoms with Crippen molar-refractivity contribution in [3.8, 4) is 5.75 Å². The number of phenols is 1. The zero-order chi connectivity index (χ0) is 27.8. The molecular formula is C29H33B2NO7. The molecule has 2 aromatic rings. The van der Waals surface area contributed by atoms with Gasteiger partial charge in [-0.25, -0.2) is 0 Å². The number of carbonyl (C=O) groups excluding carboxylic acids is 2. The molecule has 202 valence electrons. The molecule has 2 amide bonds. The first kappa shape index (κ1) is 27.4. The summed E-state index contributed by atoms with van der Waals surface area (Å²) in [6.45, 7) is 4.06. The Bertz CT molecular complexity index is 1340. The van der Waals surface area contributed by atoms with Crippen molar-refractivity contribution in [3.63, 3.8) is 0 Å². The molecular weight excluding hydrogens is 496 g/mol. The maximum absolute atomic E-state index is 13.8. The van der Waals surface area contributed by atoms with Crippen molar-refractivity contribution in [2.45, 2.75) is 52.0 Å². The van der Waals surface area contributed by atoms with E-state index in [1.54, 1.807) is 30.3 Å². The average Bonchev–Trinajstić information content (AvgIpc) is 3.16. The van der Waals surface area contributed by atoms with E-state index in [2.05, 4.69) is 0 Å². The largest absolute Gasteiger partial charge is 0.508 e. The Morgan fingerprint density at radius 2 is 1.90 bits per heavy atom. The molecule has 1 aliphatic carbocycles. The van der Waals surface area contributed by atoms with Crippen molar-refractivity contribution in [1.82, 2.24) is 0 Å². The summed E-state index contributed by atoms with van der Waals surface area (Å²) in [5.74, 6) is -1.84. The lowest BCUT2D eigenvalue weighted by Gasteiger charge is -2.43. The Morgan fingerprint density at radius 1 is 1.13 bits per heavy atom. The first-order valence-corrected chi connectivity index (χ1v) is 13.5. The van der Waals surface area contributed by atoms with Gasteiger partial charge in [0.2, 0.25) is 11.8 Å². The van der Waals surface area contributed by atoms with Crippen LogP contribution in [0.2, 0.25) is 6.32 Å². The number of phenolic OH excluding ortho intramolecular Hbond substituents is 1. The molecule has 0 spiro atoms. The number of fused-ring (bicyclic) bond motifs is 3. The highest BCUT2D eigenvalue weighted by molar-refractivity contribution is 6.58. The molecule has 2 fully saturated rings. The lowest BCUT2D eigenvalue weighted by atomic mass is 9.58. The van der Waals surface area contributed by atoms with Gasteiger partial charge in [-0.3, -0.25) is 14.5 Å². The van der Waals surface area contributed by atoms with Crippen LogP contribution in [0.1, 0.15) is 45.1 Å². The average molecular weight is 529 g/mol. The van der Waals surface area contributed by atoms with Gasteiger partial charge in [0.15, 0.2) is 0 Å². The van der Waals surface area contributed by atoms with E-state index >= 15 is 0 Å². The van der Waals surface area contributed by atoms with Crippen molar-refractivity contribution in [2.75, 3.05) is 4.90 Å². The summed E-state index contributed by atoms with van der Waals surface area (Å²) in [6, 6.07) is 13.2. The highest BCUT2D eigenvalue weighted by Gasteiger charge is 2.57. The standard InChI is InChI=1S/C29H33B2NO7/c1-3-19-14-23-27(29(35)32(28(23)34)21-8-5-7-20(15-21)31(37)38)24-16-30(36)39-25(26(19)24)11-10-17(2)12-18-6-4-9-22(33)13-18/h4-9,12-13,15,23-25,27,33,36-38H,3,10-11,14,16H2,1-2H3/b17-12+/t23-,24+,25-,27-/m1/s1. The van der Waals surface area contributed by atoms with Gasteiger partial charge in [-0.1, -0.05) is 48.4 Å². The fourth-order valence-electron chi connectivity index (χ4n) is 6.51. The summed E-state index contributed by atoms with van der Waals surface area (Å²) in [7, 11) is -2.75. The molecule has 0 aromatic heterocycles. The molecule has 0 saturated carbocycles. The molecule has 4 atom stereocenters. The van der Waals surface area contributed by atoms with Crippen LogP contribution in [-0.4, -0.2) is 52.3 Å². The minimum atomic E-state index is -1.71. The number of rotatable bonds is 7. The number of aromatic hydroxyl groups is 1. The van der Waals surface area contributed by atoms with Crippen LogP contribution < -0.4 is 10.4 Å². The second kappa shape index (κ2) is 11.1. The molecule has 10 heteroatoms. The zero-order valence-corrected chi connectivity index (χ0v) is 22.2. The van der Waals surface area contributed by atoms with E-state index in [0.29, 0.717) is 24.9 Å². The summed E-state index contributed by atoms with van der Waals surface area (Å²) >= 11 is 0. The number of anilines is 1. The van der Waals surface area contributed by atoms with Crippen LogP contribution in [0.25, 0.3) is 6.08 Å². The zero-order valence-electron chi connectivity index (χ0n) is 22.2. The van der Waals surface area contributed by atoms with Gasteiger partial charge in [0.1, 0.15) is 5.75 Å². The number of hydrogen-bond donors (Lipinski definition) is 4. The van der Waals surface area contributed by atoms with Gasteiger partial charge in [-0.15, -0.1) is 0 Å². The number of carbonyl (C=O) groups is 2. The SMILES string of the molecule is CCC1=C2[C@@H](CC/C(C)=C/c3cccc(O)c3)OB(O)C[C@@H]2[C@@H]2C(=O)N(c3cccc(B(O)O)c3)C(=O)[C@@H]2C1. The fraction of sp³-hybridized carbons (Fsp3) is 0.379. The van der Waals surface area contributed by atoms with E-state index < -0.39 is 26.1 Å². The minimum Gasteiger partial charge on any atom is -0.508 e. The van der Waals surface area contributed by atoms with Crippen molar-refractivity contribution >= 4 is 43.3 Å². The molecule has 0 unspecified atom stereocenters. The Kier molecular flexibility index (Phi) is 7.82. The summed E-state index contributed by atoms with van der Waals surface area (Å²) in [5, 5.41) is 39.7. The molecule has 2 aliphatic heterocycles. The van der Waals surface area contributed by atoms with Crippen molar-refractivity contribution < 1.29 is 34.4 Å².